The Morgan fingerprint density at radius 3 is 2.76 bits per heavy atom. The van der Waals surface area contributed by atoms with Gasteiger partial charge in [0.1, 0.15) is 5.76 Å². The van der Waals surface area contributed by atoms with E-state index in [0.717, 1.165) is 31.9 Å². The van der Waals surface area contributed by atoms with E-state index in [0.29, 0.717) is 5.41 Å². The van der Waals surface area contributed by atoms with Crippen molar-refractivity contribution in [1.29, 1.82) is 0 Å². The van der Waals surface area contributed by atoms with Crippen molar-refractivity contribution in [3.63, 3.8) is 0 Å². The Balaban J connectivity index is 1.79. The van der Waals surface area contributed by atoms with Crippen LogP contribution in [0.1, 0.15) is 38.4 Å². The fraction of sp³-hybridized carbons (Fsp3) is 0.714. The highest BCUT2D eigenvalue weighted by atomic mass is 16.3. The molecule has 2 rings (SSSR count). The van der Waals surface area contributed by atoms with Crippen LogP contribution in [0.25, 0.3) is 0 Å². The third-order valence-corrected chi connectivity index (χ3v) is 4.21. The van der Waals surface area contributed by atoms with Gasteiger partial charge in [-0.25, -0.2) is 0 Å². The molecule has 1 aromatic rings. The Bertz CT molecular complexity index is 311. The molecule has 1 aliphatic rings. The molecule has 0 saturated heterocycles. The van der Waals surface area contributed by atoms with E-state index in [4.69, 9.17) is 10.2 Å². The van der Waals surface area contributed by atoms with E-state index in [-0.39, 0.29) is 0 Å². The Morgan fingerprint density at radius 2 is 2.29 bits per heavy atom. The number of rotatable bonds is 7. The van der Waals surface area contributed by atoms with Gasteiger partial charge in [0.25, 0.3) is 0 Å². The highest BCUT2D eigenvalue weighted by Crippen LogP contribution is 2.42. The molecular weight excluding hydrogens is 212 g/mol. The van der Waals surface area contributed by atoms with Crippen molar-refractivity contribution < 1.29 is 4.42 Å². The lowest BCUT2D eigenvalue weighted by Crippen LogP contribution is -2.40. The summed E-state index contributed by atoms with van der Waals surface area (Å²) in [6, 6.07) is 4.00. The first-order valence-corrected chi connectivity index (χ1v) is 6.73. The molecule has 1 saturated carbocycles. The van der Waals surface area contributed by atoms with Crippen molar-refractivity contribution in [2.75, 3.05) is 19.6 Å². The second kappa shape index (κ2) is 5.69. The van der Waals surface area contributed by atoms with Crippen molar-refractivity contribution in [1.82, 2.24) is 4.90 Å². The van der Waals surface area contributed by atoms with Crippen LogP contribution >= 0.6 is 0 Å². The summed E-state index contributed by atoms with van der Waals surface area (Å²) in [6.45, 7) is 6.18. The second-order valence-corrected chi connectivity index (χ2v) is 5.26. The lowest BCUT2D eigenvalue weighted by atomic mass is 9.66. The van der Waals surface area contributed by atoms with Crippen LogP contribution in [0.5, 0.6) is 0 Å². The van der Waals surface area contributed by atoms with Crippen LogP contribution in [0.4, 0.5) is 0 Å². The van der Waals surface area contributed by atoms with Crippen LogP contribution < -0.4 is 5.73 Å². The molecule has 0 atom stereocenters. The number of nitrogens with two attached hydrogens (primary N) is 1. The molecule has 1 aliphatic carbocycles. The van der Waals surface area contributed by atoms with Gasteiger partial charge in [0.2, 0.25) is 0 Å². The maximum Gasteiger partial charge on any atom is 0.117 e. The number of nitrogens with zero attached hydrogens (tertiary/aromatic N) is 1. The van der Waals surface area contributed by atoms with Gasteiger partial charge in [0.05, 0.1) is 12.8 Å². The molecule has 1 fully saturated rings. The predicted octanol–water partition coefficient (Wildman–Crippen LogP) is 2.62. The lowest BCUT2D eigenvalue weighted by Gasteiger charge is -2.42. The number of furan rings is 1. The van der Waals surface area contributed by atoms with E-state index >= 15 is 0 Å². The fourth-order valence-electron chi connectivity index (χ4n) is 2.60. The fourth-order valence-corrected chi connectivity index (χ4v) is 2.60. The average Bonchev–Trinajstić information content (AvgIpc) is 2.79. The second-order valence-electron chi connectivity index (χ2n) is 5.26. The maximum absolute atomic E-state index is 5.90. The van der Waals surface area contributed by atoms with Crippen LogP contribution in [0, 0.1) is 5.41 Å². The number of hydrogen-bond donors (Lipinski definition) is 1. The summed E-state index contributed by atoms with van der Waals surface area (Å²) < 4.78 is 5.40. The van der Waals surface area contributed by atoms with Gasteiger partial charge >= 0.3 is 0 Å². The van der Waals surface area contributed by atoms with E-state index < -0.39 is 0 Å². The van der Waals surface area contributed by atoms with E-state index in [1.165, 1.54) is 25.7 Å². The minimum Gasteiger partial charge on any atom is -0.468 e. The summed E-state index contributed by atoms with van der Waals surface area (Å²) in [4.78, 5) is 2.44. The van der Waals surface area contributed by atoms with Crippen molar-refractivity contribution >= 4 is 0 Å². The summed E-state index contributed by atoms with van der Waals surface area (Å²) >= 11 is 0. The van der Waals surface area contributed by atoms with Crippen LogP contribution in [0.15, 0.2) is 22.8 Å². The molecule has 1 heterocycles. The minimum atomic E-state index is 0.455. The van der Waals surface area contributed by atoms with Crippen molar-refractivity contribution in [3.8, 4) is 0 Å². The van der Waals surface area contributed by atoms with Crippen molar-refractivity contribution in [3.05, 3.63) is 24.2 Å². The zero-order valence-electron chi connectivity index (χ0n) is 10.8. The Hall–Kier alpha value is -0.800. The third kappa shape index (κ3) is 3.11. The molecule has 2 N–H and O–H groups in total. The summed E-state index contributed by atoms with van der Waals surface area (Å²) in [6.07, 6.45) is 6.99. The topological polar surface area (TPSA) is 42.4 Å². The van der Waals surface area contributed by atoms with E-state index in [9.17, 15) is 0 Å². The van der Waals surface area contributed by atoms with Gasteiger partial charge in [0.15, 0.2) is 0 Å². The first kappa shape index (κ1) is 12.7. The smallest absolute Gasteiger partial charge is 0.117 e. The maximum atomic E-state index is 5.90. The van der Waals surface area contributed by atoms with Crippen LogP contribution in [-0.2, 0) is 6.54 Å². The van der Waals surface area contributed by atoms with E-state index in [1.54, 1.807) is 6.26 Å². The molecular formula is C14H24N2O. The molecule has 17 heavy (non-hydrogen) atoms. The van der Waals surface area contributed by atoms with Crippen LogP contribution in [-0.4, -0.2) is 24.5 Å². The molecule has 96 valence electrons. The zero-order valence-corrected chi connectivity index (χ0v) is 10.8. The monoisotopic (exact) mass is 236 g/mol. The molecule has 3 heteroatoms. The molecule has 3 nitrogen and oxygen atoms in total. The Morgan fingerprint density at radius 1 is 1.47 bits per heavy atom. The highest BCUT2D eigenvalue weighted by Gasteiger charge is 2.35. The molecule has 0 unspecified atom stereocenters. The SMILES string of the molecule is CCN(CCC1(CN)CCC1)Cc1ccco1. The minimum absolute atomic E-state index is 0.455. The lowest BCUT2D eigenvalue weighted by molar-refractivity contribution is 0.103. The molecule has 0 aliphatic heterocycles. The highest BCUT2D eigenvalue weighted by molar-refractivity contribution is 4.98. The van der Waals surface area contributed by atoms with Crippen molar-refractivity contribution in [2.45, 2.75) is 39.2 Å². The zero-order chi connectivity index (χ0) is 12.1. The molecule has 1 aromatic heterocycles. The Kier molecular flexibility index (Phi) is 4.24. The third-order valence-electron chi connectivity index (χ3n) is 4.21. The summed E-state index contributed by atoms with van der Waals surface area (Å²) in [5, 5.41) is 0. The first-order chi connectivity index (χ1) is 8.28. The van der Waals surface area contributed by atoms with Gasteiger partial charge in [-0.3, -0.25) is 4.90 Å². The van der Waals surface area contributed by atoms with Gasteiger partial charge in [-0.2, -0.15) is 0 Å². The van der Waals surface area contributed by atoms with Gasteiger partial charge in [-0.15, -0.1) is 0 Å². The van der Waals surface area contributed by atoms with Crippen molar-refractivity contribution in [2.24, 2.45) is 11.1 Å². The summed E-state index contributed by atoms with van der Waals surface area (Å²) in [5.74, 6) is 1.06. The van der Waals surface area contributed by atoms with Gasteiger partial charge in [-0.05, 0) is 56.4 Å². The predicted molar refractivity (Wildman–Crippen MR) is 69.6 cm³/mol. The van der Waals surface area contributed by atoms with Gasteiger partial charge in [-0.1, -0.05) is 13.3 Å². The summed E-state index contributed by atoms with van der Waals surface area (Å²) in [7, 11) is 0. The van der Waals surface area contributed by atoms with Gasteiger partial charge in [0, 0.05) is 0 Å². The quantitative estimate of drug-likeness (QED) is 0.791. The van der Waals surface area contributed by atoms with Crippen LogP contribution in [0.2, 0.25) is 0 Å². The molecule has 0 spiro atoms. The Labute approximate surface area is 104 Å². The average molecular weight is 236 g/mol. The molecule has 0 bridgehead atoms. The summed E-state index contributed by atoms with van der Waals surface area (Å²) in [5.41, 5.74) is 6.35. The number of hydrogen-bond acceptors (Lipinski definition) is 3. The van der Waals surface area contributed by atoms with E-state index in [1.807, 2.05) is 12.1 Å². The standard InChI is InChI=1S/C14H24N2O/c1-2-16(11-13-5-3-10-17-13)9-8-14(12-15)6-4-7-14/h3,5,10H,2,4,6-9,11-12,15H2,1H3. The van der Waals surface area contributed by atoms with Gasteiger partial charge < -0.3 is 10.2 Å². The normalized spacial score (nSPS) is 18.3. The van der Waals surface area contributed by atoms with E-state index in [2.05, 4.69) is 11.8 Å². The molecule has 0 radical (unpaired) electrons. The molecule has 0 aromatic carbocycles. The molecule has 0 amide bonds. The van der Waals surface area contributed by atoms with Crippen LogP contribution in [0.3, 0.4) is 0 Å². The largest absolute Gasteiger partial charge is 0.468 e. The first-order valence-electron chi connectivity index (χ1n) is 6.73.